The second-order valence-electron chi connectivity index (χ2n) is 7.35. The number of pyridine rings is 1. The van der Waals surface area contributed by atoms with Gasteiger partial charge < -0.3 is 10.1 Å². The lowest BCUT2D eigenvalue weighted by molar-refractivity contribution is -0.119. The van der Waals surface area contributed by atoms with Crippen molar-refractivity contribution in [3.8, 4) is 16.6 Å². The molecule has 0 radical (unpaired) electrons. The molecule has 0 saturated heterocycles. The van der Waals surface area contributed by atoms with E-state index < -0.39 is 18.5 Å². The van der Waals surface area contributed by atoms with Gasteiger partial charge in [-0.15, -0.1) is 22.7 Å². The number of rotatable bonds is 5. The number of nitrogens with zero attached hydrogens (tertiary/aromatic N) is 2. The first-order valence-electron chi connectivity index (χ1n) is 10.1. The summed E-state index contributed by atoms with van der Waals surface area (Å²) in [5.74, 6) is -1.06. The Bertz CT molecular complexity index is 1380. The number of para-hydroxylation sites is 1. The lowest BCUT2D eigenvalue weighted by Crippen LogP contribution is -2.21. The van der Waals surface area contributed by atoms with Gasteiger partial charge in [-0.05, 0) is 48.4 Å². The molecule has 0 spiro atoms. The summed E-state index contributed by atoms with van der Waals surface area (Å²) in [6.45, 7) is -0.433. The number of aryl methyl sites for hydroxylation is 1. The van der Waals surface area contributed by atoms with Gasteiger partial charge >= 0.3 is 5.97 Å². The molecular weight excluding hydrogens is 442 g/mol. The van der Waals surface area contributed by atoms with Crippen LogP contribution >= 0.6 is 22.7 Å². The molecule has 0 fully saturated rings. The minimum Gasteiger partial charge on any atom is -0.452 e. The number of ether oxygens (including phenoxy) is 1. The third kappa shape index (κ3) is 3.77. The third-order valence-corrected chi connectivity index (χ3v) is 7.43. The van der Waals surface area contributed by atoms with Gasteiger partial charge in [0, 0.05) is 10.3 Å². The van der Waals surface area contributed by atoms with Gasteiger partial charge in [0.25, 0.3) is 5.91 Å². The molecule has 4 aromatic rings. The average Bonchev–Trinajstić information content (AvgIpc) is 3.55. The van der Waals surface area contributed by atoms with Crippen LogP contribution < -0.4 is 5.32 Å². The predicted molar refractivity (Wildman–Crippen MR) is 125 cm³/mol. The molecule has 3 heterocycles. The van der Waals surface area contributed by atoms with Crippen LogP contribution in [0.2, 0.25) is 0 Å². The lowest BCUT2D eigenvalue weighted by Gasteiger charge is -2.09. The lowest BCUT2D eigenvalue weighted by atomic mass is 10.1. The smallest absolute Gasteiger partial charge is 0.339 e. The first-order valence-corrected chi connectivity index (χ1v) is 11.8. The number of nitriles is 1. The van der Waals surface area contributed by atoms with Crippen LogP contribution in [0.4, 0.5) is 5.00 Å². The molecule has 1 N–H and O–H groups in total. The molecule has 8 heteroatoms. The van der Waals surface area contributed by atoms with Crippen molar-refractivity contribution in [2.24, 2.45) is 0 Å². The van der Waals surface area contributed by atoms with E-state index in [4.69, 9.17) is 4.74 Å². The van der Waals surface area contributed by atoms with Crippen molar-refractivity contribution in [3.05, 3.63) is 69.4 Å². The third-order valence-electron chi connectivity index (χ3n) is 5.33. The van der Waals surface area contributed by atoms with Gasteiger partial charge in [0.05, 0.1) is 27.2 Å². The number of hydrogen-bond donors (Lipinski definition) is 1. The summed E-state index contributed by atoms with van der Waals surface area (Å²) in [7, 11) is 0. The van der Waals surface area contributed by atoms with Crippen LogP contribution in [0, 0.1) is 11.3 Å². The van der Waals surface area contributed by atoms with Gasteiger partial charge in [-0.1, -0.05) is 24.3 Å². The maximum absolute atomic E-state index is 12.9. The Balaban J connectivity index is 1.34. The molecule has 3 aromatic heterocycles. The minimum atomic E-state index is -0.592. The highest BCUT2D eigenvalue weighted by Gasteiger charge is 2.23. The normalized spacial score (nSPS) is 12.3. The van der Waals surface area contributed by atoms with Crippen LogP contribution in [-0.4, -0.2) is 23.5 Å². The van der Waals surface area contributed by atoms with Gasteiger partial charge in [0.2, 0.25) is 0 Å². The van der Waals surface area contributed by atoms with E-state index in [0.29, 0.717) is 32.7 Å². The van der Waals surface area contributed by atoms with E-state index in [0.717, 1.165) is 34.6 Å². The van der Waals surface area contributed by atoms with Gasteiger partial charge in [-0.25, -0.2) is 9.78 Å². The van der Waals surface area contributed by atoms with Crippen molar-refractivity contribution in [2.75, 3.05) is 11.9 Å². The van der Waals surface area contributed by atoms with E-state index >= 15 is 0 Å². The number of nitrogens with one attached hydrogen (secondary N) is 1. The minimum absolute atomic E-state index is 0.361. The van der Waals surface area contributed by atoms with Crippen LogP contribution in [0.5, 0.6) is 0 Å². The average molecular weight is 460 g/mol. The van der Waals surface area contributed by atoms with E-state index in [1.54, 1.807) is 6.07 Å². The fraction of sp³-hybridized carbons (Fsp3) is 0.167. The predicted octanol–water partition coefficient (Wildman–Crippen LogP) is 5.18. The van der Waals surface area contributed by atoms with Gasteiger partial charge in [-0.3, -0.25) is 4.79 Å². The van der Waals surface area contributed by atoms with E-state index in [1.807, 2.05) is 41.8 Å². The van der Waals surface area contributed by atoms with Crippen molar-refractivity contribution < 1.29 is 14.3 Å². The fourth-order valence-electron chi connectivity index (χ4n) is 3.88. The van der Waals surface area contributed by atoms with Crippen molar-refractivity contribution in [1.82, 2.24) is 4.98 Å². The number of fused-ring (bicyclic) bond motifs is 2. The second-order valence-corrected chi connectivity index (χ2v) is 9.40. The Morgan fingerprint density at radius 1 is 1.19 bits per heavy atom. The summed E-state index contributed by atoms with van der Waals surface area (Å²) in [4.78, 5) is 32.1. The zero-order chi connectivity index (χ0) is 22.1. The Morgan fingerprint density at radius 2 is 2.06 bits per heavy atom. The maximum atomic E-state index is 12.9. The molecule has 1 aromatic carbocycles. The quantitative estimate of drug-likeness (QED) is 0.415. The molecule has 158 valence electrons. The molecule has 1 aliphatic rings. The number of amides is 1. The number of anilines is 1. The summed E-state index contributed by atoms with van der Waals surface area (Å²) in [5, 5.41) is 15.4. The number of hydrogen-bond acceptors (Lipinski definition) is 7. The van der Waals surface area contributed by atoms with Crippen molar-refractivity contribution in [1.29, 1.82) is 5.26 Å². The standard InChI is InChI=1S/C24H17N3O3S2/c25-12-17-15-6-3-8-20(15)32-23(17)27-22(28)13-30-24(29)16-11-19(21-9-4-10-31-21)26-18-7-2-1-5-14(16)18/h1-2,4-5,7,9-11H,3,6,8,13H2,(H,27,28). The highest BCUT2D eigenvalue weighted by Crippen LogP contribution is 2.38. The molecule has 1 amide bonds. The number of thiophene rings is 2. The molecule has 0 saturated carbocycles. The van der Waals surface area contributed by atoms with Crippen LogP contribution in [-0.2, 0) is 22.4 Å². The van der Waals surface area contributed by atoms with Gasteiger partial charge in [0.15, 0.2) is 6.61 Å². The number of carbonyl (C=O) groups is 2. The monoisotopic (exact) mass is 459 g/mol. The SMILES string of the molecule is N#Cc1c(NC(=O)COC(=O)c2cc(-c3cccs3)nc3ccccc23)sc2c1CCC2. The summed E-state index contributed by atoms with van der Waals surface area (Å²) < 4.78 is 5.34. The van der Waals surface area contributed by atoms with Crippen LogP contribution in [0.3, 0.4) is 0 Å². The topological polar surface area (TPSA) is 92.1 Å². The first-order chi connectivity index (χ1) is 15.6. The van der Waals surface area contributed by atoms with Crippen LogP contribution in [0.1, 0.15) is 32.8 Å². The molecule has 6 nitrogen and oxygen atoms in total. The number of esters is 1. The Hall–Kier alpha value is -3.54. The number of carbonyl (C=O) groups excluding carboxylic acids is 2. The van der Waals surface area contributed by atoms with Crippen molar-refractivity contribution in [3.63, 3.8) is 0 Å². The van der Waals surface area contributed by atoms with Crippen molar-refractivity contribution in [2.45, 2.75) is 19.3 Å². The highest BCUT2D eigenvalue weighted by atomic mass is 32.1. The van der Waals surface area contributed by atoms with E-state index in [-0.39, 0.29) is 0 Å². The van der Waals surface area contributed by atoms with E-state index in [1.165, 1.54) is 22.7 Å². The molecule has 0 bridgehead atoms. The largest absolute Gasteiger partial charge is 0.452 e. The van der Waals surface area contributed by atoms with Gasteiger partial charge in [0.1, 0.15) is 11.1 Å². The molecule has 32 heavy (non-hydrogen) atoms. The molecular formula is C24H17N3O3S2. The summed E-state index contributed by atoms with van der Waals surface area (Å²) in [5.41, 5.74) is 3.29. The highest BCUT2D eigenvalue weighted by molar-refractivity contribution is 7.16. The molecule has 0 aliphatic heterocycles. The molecule has 0 atom stereocenters. The number of benzene rings is 1. The zero-order valence-corrected chi connectivity index (χ0v) is 18.5. The number of aromatic nitrogens is 1. The van der Waals surface area contributed by atoms with E-state index in [2.05, 4.69) is 16.4 Å². The van der Waals surface area contributed by atoms with E-state index in [9.17, 15) is 14.9 Å². The molecule has 1 aliphatic carbocycles. The summed E-state index contributed by atoms with van der Waals surface area (Å²) >= 11 is 2.97. The molecule has 0 unspecified atom stereocenters. The van der Waals surface area contributed by atoms with Crippen LogP contribution in [0.25, 0.3) is 21.5 Å². The maximum Gasteiger partial charge on any atom is 0.339 e. The Labute approximate surface area is 192 Å². The Kier molecular flexibility index (Phi) is 5.43. The first kappa shape index (κ1) is 20.4. The van der Waals surface area contributed by atoms with Gasteiger partial charge in [-0.2, -0.15) is 5.26 Å². The van der Waals surface area contributed by atoms with Crippen molar-refractivity contribution >= 4 is 50.5 Å². The fourth-order valence-corrected chi connectivity index (χ4v) is 5.82. The Morgan fingerprint density at radius 3 is 2.88 bits per heavy atom. The zero-order valence-electron chi connectivity index (χ0n) is 16.9. The second kappa shape index (κ2) is 8.54. The van der Waals surface area contributed by atoms with Crippen LogP contribution in [0.15, 0.2) is 47.8 Å². The summed E-state index contributed by atoms with van der Waals surface area (Å²) in [6.07, 6.45) is 2.83. The summed E-state index contributed by atoms with van der Waals surface area (Å²) in [6, 6.07) is 15.1. The molecule has 5 rings (SSSR count).